The number of benzene rings is 2. The maximum atomic E-state index is 5.86. The zero-order valence-electron chi connectivity index (χ0n) is 10.9. The van der Waals surface area contributed by atoms with E-state index in [0.717, 1.165) is 32.8 Å². The smallest absolute Gasteiger partial charge is 0.125 e. The molecule has 3 nitrogen and oxygen atoms in total. The first kappa shape index (κ1) is 13.7. The number of methoxy groups -OCH3 is 1. The summed E-state index contributed by atoms with van der Waals surface area (Å²) < 4.78 is 12.1. The molecule has 0 spiro atoms. The average Bonchev–Trinajstić information content (AvgIpc) is 2.40. The second-order valence-corrected chi connectivity index (χ2v) is 5.13. The van der Waals surface area contributed by atoms with Gasteiger partial charge in [0.1, 0.15) is 18.1 Å². The lowest BCUT2D eigenvalue weighted by Crippen LogP contribution is -2.01. The standard InChI is InChI=1S/C15H16BrNO2/c1-10-13(17)4-3-5-14(10)19-9-11-8-12(16)6-7-15(11)18-2/h3-8H,9,17H2,1-2H3. The molecule has 2 rings (SSSR count). The van der Waals surface area contributed by atoms with Crippen LogP contribution in [0.5, 0.6) is 11.5 Å². The Kier molecular flexibility index (Phi) is 4.32. The van der Waals surface area contributed by atoms with Gasteiger partial charge in [-0.15, -0.1) is 0 Å². The van der Waals surface area contributed by atoms with Crippen LogP contribution in [0.4, 0.5) is 5.69 Å². The van der Waals surface area contributed by atoms with Gasteiger partial charge in [0.25, 0.3) is 0 Å². The monoisotopic (exact) mass is 321 g/mol. The number of halogens is 1. The molecule has 0 aliphatic heterocycles. The summed E-state index contributed by atoms with van der Waals surface area (Å²) in [6.07, 6.45) is 0. The molecule has 0 aromatic heterocycles. The Bertz CT molecular complexity index is 584. The molecule has 0 saturated carbocycles. The van der Waals surface area contributed by atoms with Crippen molar-refractivity contribution in [1.82, 2.24) is 0 Å². The van der Waals surface area contributed by atoms with Gasteiger partial charge in [0, 0.05) is 21.3 Å². The highest BCUT2D eigenvalue weighted by atomic mass is 79.9. The lowest BCUT2D eigenvalue weighted by molar-refractivity contribution is 0.295. The molecular weight excluding hydrogens is 306 g/mol. The van der Waals surface area contributed by atoms with Crippen LogP contribution in [0.25, 0.3) is 0 Å². The fourth-order valence-corrected chi connectivity index (χ4v) is 2.21. The first-order chi connectivity index (χ1) is 9.11. The molecule has 0 amide bonds. The van der Waals surface area contributed by atoms with E-state index >= 15 is 0 Å². The maximum Gasteiger partial charge on any atom is 0.125 e. The zero-order valence-corrected chi connectivity index (χ0v) is 12.5. The van der Waals surface area contributed by atoms with Gasteiger partial charge in [-0.2, -0.15) is 0 Å². The summed E-state index contributed by atoms with van der Waals surface area (Å²) in [7, 11) is 1.65. The molecule has 0 aliphatic carbocycles. The molecule has 0 fully saturated rings. The third-order valence-electron chi connectivity index (χ3n) is 2.95. The predicted octanol–water partition coefficient (Wildman–Crippen LogP) is 3.93. The van der Waals surface area contributed by atoms with Crippen molar-refractivity contribution in [3.8, 4) is 11.5 Å². The van der Waals surface area contributed by atoms with E-state index in [0.29, 0.717) is 6.61 Å². The quantitative estimate of drug-likeness (QED) is 0.868. The lowest BCUT2D eigenvalue weighted by atomic mass is 10.2. The summed E-state index contributed by atoms with van der Waals surface area (Å²) in [4.78, 5) is 0. The van der Waals surface area contributed by atoms with Crippen LogP contribution in [0.3, 0.4) is 0 Å². The van der Waals surface area contributed by atoms with Crippen molar-refractivity contribution in [2.24, 2.45) is 0 Å². The lowest BCUT2D eigenvalue weighted by Gasteiger charge is -2.13. The molecule has 2 aromatic carbocycles. The van der Waals surface area contributed by atoms with Gasteiger partial charge in [-0.1, -0.05) is 22.0 Å². The van der Waals surface area contributed by atoms with Crippen molar-refractivity contribution in [3.63, 3.8) is 0 Å². The normalized spacial score (nSPS) is 10.3. The first-order valence-corrected chi connectivity index (χ1v) is 6.71. The Morgan fingerprint density at radius 1 is 1.16 bits per heavy atom. The van der Waals surface area contributed by atoms with Crippen molar-refractivity contribution in [3.05, 3.63) is 52.0 Å². The van der Waals surface area contributed by atoms with Gasteiger partial charge in [-0.25, -0.2) is 0 Å². The van der Waals surface area contributed by atoms with E-state index in [-0.39, 0.29) is 0 Å². The first-order valence-electron chi connectivity index (χ1n) is 5.92. The molecule has 0 aliphatic rings. The highest BCUT2D eigenvalue weighted by molar-refractivity contribution is 9.10. The molecule has 0 atom stereocenters. The Morgan fingerprint density at radius 2 is 1.95 bits per heavy atom. The SMILES string of the molecule is COc1ccc(Br)cc1COc1cccc(N)c1C. The third kappa shape index (κ3) is 3.20. The van der Waals surface area contributed by atoms with Crippen LogP contribution in [0.1, 0.15) is 11.1 Å². The van der Waals surface area contributed by atoms with Crippen LogP contribution in [-0.4, -0.2) is 7.11 Å². The third-order valence-corrected chi connectivity index (χ3v) is 3.44. The summed E-state index contributed by atoms with van der Waals surface area (Å²) in [6.45, 7) is 2.38. The Hall–Kier alpha value is -1.68. The second-order valence-electron chi connectivity index (χ2n) is 4.22. The minimum atomic E-state index is 0.437. The van der Waals surface area contributed by atoms with E-state index in [1.54, 1.807) is 7.11 Å². The van der Waals surface area contributed by atoms with Gasteiger partial charge < -0.3 is 15.2 Å². The summed E-state index contributed by atoms with van der Waals surface area (Å²) in [6, 6.07) is 11.5. The molecule has 0 unspecified atom stereocenters. The molecule has 0 heterocycles. The Morgan fingerprint density at radius 3 is 2.68 bits per heavy atom. The van der Waals surface area contributed by atoms with Crippen LogP contribution in [-0.2, 0) is 6.61 Å². The number of hydrogen-bond acceptors (Lipinski definition) is 3. The van der Waals surface area contributed by atoms with E-state index < -0.39 is 0 Å². The molecule has 0 radical (unpaired) electrons. The van der Waals surface area contributed by atoms with Crippen LogP contribution in [0, 0.1) is 6.92 Å². The number of nitrogens with two attached hydrogens (primary N) is 1. The molecule has 0 bridgehead atoms. The molecule has 0 saturated heterocycles. The highest BCUT2D eigenvalue weighted by Crippen LogP contribution is 2.27. The zero-order chi connectivity index (χ0) is 13.8. The Labute approximate surface area is 121 Å². The van der Waals surface area contributed by atoms with E-state index in [9.17, 15) is 0 Å². The molecule has 2 aromatic rings. The van der Waals surface area contributed by atoms with Crippen molar-refractivity contribution in [1.29, 1.82) is 0 Å². The maximum absolute atomic E-state index is 5.86. The minimum Gasteiger partial charge on any atom is -0.496 e. The summed E-state index contributed by atoms with van der Waals surface area (Å²) >= 11 is 3.45. The average molecular weight is 322 g/mol. The van der Waals surface area contributed by atoms with Crippen molar-refractivity contribution in [2.45, 2.75) is 13.5 Å². The largest absolute Gasteiger partial charge is 0.496 e. The van der Waals surface area contributed by atoms with Gasteiger partial charge >= 0.3 is 0 Å². The topological polar surface area (TPSA) is 44.5 Å². The molecular formula is C15H16BrNO2. The van der Waals surface area contributed by atoms with Crippen molar-refractivity contribution < 1.29 is 9.47 Å². The minimum absolute atomic E-state index is 0.437. The van der Waals surface area contributed by atoms with E-state index in [1.165, 1.54) is 0 Å². The van der Waals surface area contributed by atoms with Gasteiger partial charge in [0.05, 0.1) is 7.11 Å². The van der Waals surface area contributed by atoms with Crippen LogP contribution in [0.15, 0.2) is 40.9 Å². The second kappa shape index (κ2) is 5.97. The molecule has 19 heavy (non-hydrogen) atoms. The Balaban J connectivity index is 2.18. The van der Waals surface area contributed by atoms with Crippen LogP contribution >= 0.6 is 15.9 Å². The fraction of sp³-hybridized carbons (Fsp3) is 0.200. The van der Waals surface area contributed by atoms with E-state index in [2.05, 4.69) is 15.9 Å². The number of rotatable bonds is 4. The van der Waals surface area contributed by atoms with Gasteiger partial charge in [0.15, 0.2) is 0 Å². The number of hydrogen-bond donors (Lipinski definition) is 1. The van der Waals surface area contributed by atoms with Gasteiger partial charge in [0.2, 0.25) is 0 Å². The molecule has 4 heteroatoms. The van der Waals surface area contributed by atoms with E-state index in [1.807, 2.05) is 43.3 Å². The number of ether oxygens (including phenoxy) is 2. The number of anilines is 1. The van der Waals surface area contributed by atoms with Crippen molar-refractivity contribution >= 4 is 21.6 Å². The fourth-order valence-electron chi connectivity index (χ4n) is 1.80. The summed E-state index contributed by atoms with van der Waals surface area (Å²) in [5, 5.41) is 0. The van der Waals surface area contributed by atoms with Crippen LogP contribution < -0.4 is 15.2 Å². The summed E-state index contributed by atoms with van der Waals surface area (Å²) in [5.74, 6) is 1.60. The van der Waals surface area contributed by atoms with Crippen molar-refractivity contribution in [2.75, 3.05) is 12.8 Å². The van der Waals surface area contributed by atoms with Crippen LogP contribution in [0.2, 0.25) is 0 Å². The highest BCUT2D eigenvalue weighted by Gasteiger charge is 2.07. The predicted molar refractivity (Wildman–Crippen MR) is 80.6 cm³/mol. The molecule has 2 N–H and O–H groups in total. The number of nitrogen functional groups attached to an aromatic ring is 1. The van der Waals surface area contributed by atoms with E-state index in [4.69, 9.17) is 15.2 Å². The van der Waals surface area contributed by atoms with Gasteiger partial charge in [-0.05, 0) is 37.3 Å². The summed E-state index contributed by atoms with van der Waals surface area (Å²) in [5.41, 5.74) is 8.53. The van der Waals surface area contributed by atoms with Gasteiger partial charge in [-0.3, -0.25) is 0 Å². The molecule has 100 valence electrons.